The Hall–Kier alpha value is -2.41. The number of hydrogen-bond donors (Lipinski definition) is 1. The molecule has 0 heterocycles. The molecule has 0 aliphatic carbocycles. The molecule has 21 heavy (non-hydrogen) atoms. The lowest BCUT2D eigenvalue weighted by molar-refractivity contribution is 0.0698. The second kappa shape index (κ2) is 5.53. The molecule has 0 saturated carbocycles. The van der Waals surface area contributed by atoms with E-state index >= 15 is 0 Å². The summed E-state index contributed by atoms with van der Waals surface area (Å²) in [4.78, 5) is 10.9. The minimum atomic E-state index is -4.04. The highest BCUT2D eigenvalue weighted by Crippen LogP contribution is 2.25. The fourth-order valence-corrected chi connectivity index (χ4v) is 3.09. The number of carboxylic acids is 1. The van der Waals surface area contributed by atoms with Gasteiger partial charge in [-0.25, -0.2) is 17.6 Å². The van der Waals surface area contributed by atoms with Gasteiger partial charge in [0.05, 0.1) is 16.1 Å². The lowest BCUT2D eigenvalue weighted by Crippen LogP contribution is -2.28. The first-order valence-corrected chi connectivity index (χ1v) is 7.35. The molecule has 0 unspecified atom stereocenters. The summed E-state index contributed by atoms with van der Waals surface area (Å²) in [6.45, 7) is 0. The Kier molecular flexibility index (Phi) is 3.95. The monoisotopic (exact) mass is 309 g/mol. The third-order valence-corrected chi connectivity index (χ3v) is 4.70. The highest BCUT2D eigenvalue weighted by molar-refractivity contribution is 7.92. The summed E-state index contributed by atoms with van der Waals surface area (Å²) in [5.41, 5.74) is -0.144. The lowest BCUT2D eigenvalue weighted by atomic mass is 10.2. The molecule has 0 spiro atoms. The van der Waals surface area contributed by atoms with Gasteiger partial charge in [-0.1, -0.05) is 18.2 Å². The first-order valence-electron chi connectivity index (χ1n) is 5.91. The van der Waals surface area contributed by atoms with Crippen LogP contribution in [0.15, 0.2) is 53.4 Å². The van der Waals surface area contributed by atoms with Crippen molar-refractivity contribution >= 4 is 21.7 Å². The van der Waals surface area contributed by atoms with E-state index in [1.54, 1.807) is 0 Å². The molecule has 0 bridgehead atoms. The average molecular weight is 309 g/mol. The van der Waals surface area contributed by atoms with Gasteiger partial charge in [0.15, 0.2) is 0 Å². The number of rotatable bonds is 4. The number of anilines is 1. The van der Waals surface area contributed by atoms with E-state index in [0.717, 1.165) is 16.4 Å². The molecule has 0 fully saturated rings. The van der Waals surface area contributed by atoms with Gasteiger partial charge in [0.2, 0.25) is 0 Å². The van der Waals surface area contributed by atoms with Gasteiger partial charge in [0.1, 0.15) is 5.82 Å². The number of halogens is 1. The van der Waals surface area contributed by atoms with Crippen LogP contribution in [0, 0.1) is 5.82 Å². The molecule has 0 aliphatic heterocycles. The number of carbonyl (C=O) groups is 1. The van der Waals surface area contributed by atoms with Crippen molar-refractivity contribution in [1.82, 2.24) is 0 Å². The molecule has 2 rings (SSSR count). The van der Waals surface area contributed by atoms with E-state index < -0.39 is 21.8 Å². The van der Waals surface area contributed by atoms with E-state index in [-0.39, 0.29) is 16.1 Å². The van der Waals surface area contributed by atoms with Gasteiger partial charge in [0.25, 0.3) is 10.0 Å². The molecular weight excluding hydrogens is 297 g/mol. The van der Waals surface area contributed by atoms with Crippen LogP contribution >= 0.6 is 0 Å². The molecule has 0 amide bonds. The smallest absolute Gasteiger partial charge is 0.337 e. The molecule has 1 N–H and O–H groups in total. The highest BCUT2D eigenvalue weighted by Gasteiger charge is 2.25. The Bertz CT molecular complexity index is 789. The van der Waals surface area contributed by atoms with Crippen LogP contribution < -0.4 is 4.31 Å². The molecule has 110 valence electrons. The number of sulfonamides is 1. The van der Waals surface area contributed by atoms with E-state index in [1.165, 1.54) is 43.4 Å². The molecule has 0 saturated heterocycles. The van der Waals surface area contributed by atoms with E-state index in [9.17, 15) is 17.6 Å². The van der Waals surface area contributed by atoms with Crippen molar-refractivity contribution in [3.05, 3.63) is 59.9 Å². The Morgan fingerprint density at radius 2 is 1.81 bits per heavy atom. The highest BCUT2D eigenvalue weighted by atomic mass is 32.2. The molecule has 2 aromatic carbocycles. The zero-order valence-corrected chi connectivity index (χ0v) is 11.8. The Morgan fingerprint density at radius 1 is 1.14 bits per heavy atom. The molecule has 0 aliphatic rings. The van der Waals surface area contributed by atoms with Crippen LogP contribution in [0.2, 0.25) is 0 Å². The number of carboxylic acid groups (broad SMARTS) is 1. The van der Waals surface area contributed by atoms with Crippen LogP contribution in [0.5, 0.6) is 0 Å². The predicted molar refractivity (Wildman–Crippen MR) is 75.4 cm³/mol. The van der Waals surface area contributed by atoms with E-state index in [0.29, 0.717) is 0 Å². The number of benzene rings is 2. The third-order valence-electron chi connectivity index (χ3n) is 2.93. The molecule has 2 aromatic rings. The molecule has 5 nitrogen and oxygen atoms in total. The maximum absolute atomic E-state index is 13.2. The summed E-state index contributed by atoms with van der Waals surface area (Å²) < 4.78 is 38.9. The van der Waals surface area contributed by atoms with Gasteiger partial charge in [-0.15, -0.1) is 0 Å². The fourth-order valence-electron chi connectivity index (χ4n) is 1.84. The summed E-state index contributed by atoms with van der Waals surface area (Å²) in [5, 5.41) is 9.11. The van der Waals surface area contributed by atoms with Crippen LogP contribution in [-0.2, 0) is 10.0 Å². The second-order valence-electron chi connectivity index (χ2n) is 4.25. The van der Waals surface area contributed by atoms with Gasteiger partial charge >= 0.3 is 5.97 Å². The minimum Gasteiger partial charge on any atom is -0.478 e. The number of hydrogen-bond acceptors (Lipinski definition) is 3. The van der Waals surface area contributed by atoms with Crippen LogP contribution in [0.3, 0.4) is 0 Å². The van der Waals surface area contributed by atoms with E-state index in [1.807, 2.05) is 0 Å². The maximum atomic E-state index is 13.2. The van der Waals surface area contributed by atoms with Crippen molar-refractivity contribution < 1.29 is 22.7 Å². The van der Waals surface area contributed by atoms with E-state index in [4.69, 9.17) is 5.11 Å². The minimum absolute atomic E-state index is 0.00858. The van der Waals surface area contributed by atoms with Crippen LogP contribution in [0.1, 0.15) is 10.4 Å². The summed E-state index contributed by atoms with van der Waals surface area (Å²) >= 11 is 0. The maximum Gasteiger partial charge on any atom is 0.337 e. The van der Waals surface area contributed by atoms with Gasteiger partial charge in [0, 0.05) is 7.05 Å². The predicted octanol–water partition coefficient (Wildman–Crippen LogP) is 2.35. The van der Waals surface area contributed by atoms with Crippen LogP contribution in [-0.4, -0.2) is 26.5 Å². The quantitative estimate of drug-likeness (QED) is 0.940. The van der Waals surface area contributed by atoms with Gasteiger partial charge in [-0.3, -0.25) is 4.31 Å². The van der Waals surface area contributed by atoms with Gasteiger partial charge in [-0.05, 0) is 30.3 Å². The normalized spacial score (nSPS) is 11.1. The topological polar surface area (TPSA) is 74.7 Å². The molecule has 0 atom stereocenters. The molecule has 0 aromatic heterocycles. The van der Waals surface area contributed by atoms with Crippen molar-refractivity contribution in [2.24, 2.45) is 0 Å². The zero-order chi connectivity index (χ0) is 15.6. The van der Waals surface area contributed by atoms with Crippen molar-refractivity contribution in [2.75, 3.05) is 11.4 Å². The fraction of sp³-hybridized carbons (Fsp3) is 0.0714. The zero-order valence-electron chi connectivity index (χ0n) is 11.0. The standard InChI is InChI=1S/C14H12FNO4S/c1-16(13-8-3-2-7-12(13)14(17)18)21(19,20)11-6-4-5-10(15)9-11/h2-9H,1H3,(H,17,18). The number of nitrogens with zero attached hydrogens (tertiary/aromatic N) is 1. The first kappa shape index (κ1) is 15.0. The summed E-state index contributed by atoms with van der Waals surface area (Å²) in [7, 11) is -2.82. The van der Waals surface area contributed by atoms with Crippen LogP contribution in [0.4, 0.5) is 10.1 Å². The molecule has 7 heteroatoms. The summed E-state index contributed by atoms with van der Waals surface area (Å²) in [6, 6.07) is 10.2. The van der Waals surface area contributed by atoms with Crippen molar-refractivity contribution in [3.63, 3.8) is 0 Å². The van der Waals surface area contributed by atoms with Gasteiger partial charge < -0.3 is 5.11 Å². The number of aromatic carboxylic acids is 1. The third kappa shape index (κ3) is 2.87. The SMILES string of the molecule is CN(c1ccccc1C(=O)O)S(=O)(=O)c1cccc(F)c1. The Balaban J connectivity index is 2.54. The Morgan fingerprint density at radius 3 is 2.43 bits per heavy atom. The van der Waals surface area contributed by atoms with Crippen molar-refractivity contribution in [2.45, 2.75) is 4.90 Å². The summed E-state index contributed by atoms with van der Waals surface area (Å²) in [6.07, 6.45) is 0. The summed E-state index contributed by atoms with van der Waals surface area (Å²) in [5.74, 6) is -1.93. The van der Waals surface area contributed by atoms with Crippen molar-refractivity contribution in [1.29, 1.82) is 0 Å². The van der Waals surface area contributed by atoms with Gasteiger partial charge in [-0.2, -0.15) is 0 Å². The van der Waals surface area contributed by atoms with E-state index in [2.05, 4.69) is 0 Å². The lowest BCUT2D eigenvalue weighted by Gasteiger charge is -2.21. The first-order chi connectivity index (χ1) is 9.84. The second-order valence-corrected chi connectivity index (χ2v) is 6.22. The Labute approximate surface area is 121 Å². The van der Waals surface area contributed by atoms with Crippen molar-refractivity contribution in [3.8, 4) is 0 Å². The molecule has 0 radical (unpaired) electrons. The molecular formula is C14H12FNO4S. The van der Waals surface area contributed by atoms with Crippen LogP contribution in [0.25, 0.3) is 0 Å². The average Bonchev–Trinajstić information content (AvgIpc) is 2.46. The largest absolute Gasteiger partial charge is 0.478 e. The number of para-hydroxylation sites is 1.